The first-order chi connectivity index (χ1) is 8.04. The molecule has 0 aromatic heterocycles. The van der Waals surface area contributed by atoms with Gasteiger partial charge in [-0.05, 0) is 12.8 Å². The van der Waals surface area contributed by atoms with Gasteiger partial charge >= 0.3 is 17.1 Å². The van der Waals surface area contributed by atoms with Crippen LogP contribution in [0.15, 0.2) is 0 Å². The predicted molar refractivity (Wildman–Crippen MR) is 58.9 cm³/mol. The number of halogens is 4. The van der Waals surface area contributed by atoms with E-state index < -0.39 is 23.1 Å². The molecule has 0 saturated carbocycles. The Morgan fingerprint density at radius 2 is 1.83 bits per heavy atom. The minimum absolute atomic E-state index is 0.165. The topological polar surface area (TPSA) is 55.4 Å². The number of ether oxygens (including phenoxy) is 1. The van der Waals surface area contributed by atoms with Crippen LogP contribution < -0.4 is 5.32 Å². The van der Waals surface area contributed by atoms with E-state index in [2.05, 4.69) is 4.74 Å². The Morgan fingerprint density at radius 1 is 1.33 bits per heavy atom. The molecule has 0 aliphatic heterocycles. The monoisotopic (exact) mass is 289 g/mol. The number of hydrogen-bond donors (Lipinski definition) is 1. The summed E-state index contributed by atoms with van der Waals surface area (Å²) in [4.78, 5) is 19.0. The quantitative estimate of drug-likeness (QED) is 0.480. The molecule has 0 unspecified atom stereocenters. The van der Waals surface area contributed by atoms with Crippen molar-refractivity contribution < 1.29 is 27.5 Å². The zero-order chi connectivity index (χ0) is 14.6. The van der Waals surface area contributed by atoms with Crippen molar-refractivity contribution in [1.82, 2.24) is 5.32 Å². The molecule has 1 N–H and O–H groups in total. The van der Waals surface area contributed by atoms with Crippen molar-refractivity contribution >= 4 is 23.5 Å². The molecule has 1 amide bonds. The highest BCUT2D eigenvalue weighted by atomic mass is 35.5. The number of hydrogen-bond acceptors (Lipinski definition) is 3. The summed E-state index contributed by atoms with van der Waals surface area (Å²) in [7, 11) is 0. The van der Waals surface area contributed by atoms with Crippen molar-refractivity contribution in [3.8, 4) is 0 Å². The van der Waals surface area contributed by atoms with Crippen LogP contribution in [-0.4, -0.2) is 29.7 Å². The third-order valence-electron chi connectivity index (χ3n) is 1.85. The van der Waals surface area contributed by atoms with Crippen LogP contribution in [0.5, 0.6) is 0 Å². The molecule has 0 rings (SSSR count). The lowest BCUT2D eigenvalue weighted by Crippen LogP contribution is -2.60. The molecule has 4 nitrogen and oxygen atoms in total. The molecule has 8 heteroatoms. The molecule has 1 atom stereocenters. The third-order valence-corrected chi connectivity index (χ3v) is 2.32. The number of amides is 1. The maximum atomic E-state index is 12.7. The molecule has 0 heterocycles. The van der Waals surface area contributed by atoms with Gasteiger partial charge in [0.1, 0.15) is 0 Å². The molecule has 0 bridgehead atoms. The molecule has 0 aromatic rings. The summed E-state index contributed by atoms with van der Waals surface area (Å²) in [5.41, 5.74) is 0. The van der Waals surface area contributed by atoms with Crippen molar-refractivity contribution in [2.24, 2.45) is 5.92 Å². The van der Waals surface area contributed by atoms with E-state index in [1.54, 1.807) is 13.8 Å². The first-order valence-corrected chi connectivity index (χ1v) is 5.66. The summed E-state index contributed by atoms with van der Waals surface area (Å²) in [5.74, 6) is -2.87. The molecule has 0 radical (unpaired) electrons. The van der Waals surface area contributed by atoms with E-state index in [0.29, 0.717) is 0 Å². The summed E-state index contributed by atoms with van der Waals surface area (Å²) >= 11 is 5.19. The van der Waals surface area contributed by atoms with Crippen molar-refractivity contribution in [3.05, 3.63) is 0 Å². The minimum Gasteiger partial charge on any atom is -0.463 e. The van der Waals surface area contributed by atoms with E-state index in [1.807, 2.05) is 0 Å². The van der Waals surface area contributed by atoms with Gasteiger partial charge in [-0.25, -0.2) is 4.79 Å². The van der Waals surface area contributed by atoms with E-state index in [-0.39, 0.29) is 18.9 Å². The lowest BCUT2D eigenvalue weighted by Gasteiger charge is -2.28. The lowest BCUT2D eigenvalue weighted by atomic mass is 10.1. The number of carbonyl (C=O) groups excluding carboxylic acids is 2. The number of carbonyl (C=O) groups is 2. The van der Waals surface area contributed by atoms with Gasteiger partial charge in [0, 0.05) is 6.42 Å². The van der Waals surface area contributed by atoms with Gasteiger partial charge < -0.3 is 10.1 Å². The fraction of sp³-hybridized carbons (Fsp3) is 0.800. The average Bonchev–Trinajstić information content (AvgIpc) is 2.14. The summed E-state index contributed by atoms with van der Waals surface area (Å²) in [5, 5.41) is 1.48. The molecule has 0 fully saturated rings. The number of esters is 1. The first kappa shape index (κ1) is 17.0. The van der Waals surface area contributed by atoms with Gasteiger partial charge in [0.25, 0.3) is 0 Å². The van der Waals surface area contributed by atoms with E-state index in [0.717, 1.165) is 0 Å². The van der Waals surface area contributed by atoms with Gasteiger partial charge in [-0.1, -0.05) is 25.4 Å². The highest BCUT2D eigenvalue weighted by Crippen LogP contribution is 2.35. The van der Waals surface area contributed by atoms with E-state index in [1.165, 1.54) is 12.2 Å². The highest BCUT2D eigenvalue weighted by Gasteiger charge is 2.62. The van der Waals surface area contributed by atoms with E-state index >= 15 is 0 Å². The molecule has 0 aliphatic rings. The molecule has 0 saturated heterocycles. The Labute approximate surface area is 108 Å². The van der Waals surface area contributed by atoms with Crippen LogP contribution in [0.25, 0.3) is 0 Å². The Bertz CT molecular complexity index is 320. The maximum absolute atomic E-state index is 12.7. The van der Waals surface area contributed by atoms with Gasteiger partial charge in [-0.2, -0.15) is 13.2 Å². The van der Waals surface area contributed by atoms with Crippen LogP contribution in [0.2, 0.25) is 0 Å². The fourth-order valence-corrected chi connectivity index (χ4v) is 1.24. The van der Waals surface area contributed by atoms with Crippen LogP contribution in [-0.2, 0) is 14.3 Å². The Balaban J connectivity index is 5.01. The standard InChI is InChI=1S/C10H15ClF3NO3/c1-4-18-8(17)9(11,10(12,13)14)15-7(16)5-6(2)3/h6H,4-5H2,1-3H3,(H,15,16)/t9-/m0/s1. The minimum atomic E-state index is -5.15. The van der Waals surface area contributed by atoms with Crippen molar-refractivity contribution in [2.75, 3.05) is 6.61 Å². The largest absolute Gasteiger partial charge is 0.463 e. The number of nitrogens with one attached hydrogen (secondary N) is 1. The van der Waals surface area contributed by atoms with Gasteiger partial charge in [-0.3, -0.25) is 4.79 Å². The van der Waals surface area contributed by atoms with Gasteiger partial charge in [-0.15, -0.1) is 0 Å². The summed E-state index contributed by atoms with van der Waals surface area (Å²) < 4.78 is 42.4. The highest BCUT2D eigenvalue weighted by molar-refractivity contribution is 6.35. The lowest BCUT2D eigenvalue weighted by molar-refractivity contribution is -0.195. The fourth-order valence-electron chi connectivity index (χ4n) is 1.08. The van der Waals surface area contributed by atoms with E-state index in [4.69, 9.17) is 11.6 Å². The van der Waals surface area contributed by atoms with Crippen LogP contribution >= 0.6 is 11.6 Å². The normalized spacial score (nSPS) is 15.1. The Hall–Kier alpha value is -0.980. The SMILES string of the molecule is CCOC(=O)[C@](Cl)(NC(=O)CC(C)C)C(F)(F)F. The Morgan fingerprint density at radius 3 is 2.17 bits per heavy atom. The first-order valence-electron chi connectivity index (χ1n) is 5.28. The van der Waals surface area contributed by atoms with Crippen LogP contribution in [0.4, 0.5) is 13.2 Å². The van der Waals surface area contributed by atoms with Crippen LogP contribution in [0.1, 0.15) is 27.2 Å². The molecular formula is C10H15ClF3NO3. The molecule has 18 heavy (non-hydrogen) atoms. The predicted octanol–water partition coefficient (Wildman–Crippen LogP) is 2.21. The smallest absolute Gasteiger partial charge is 0.437 e. The molecule has 0 aromatic carbocycles. The molecule has 106 valence electrons. The van der Waals surface area contributed by atoms with Crippen LogP contribution in [0.3, 0.4) is 0 Å². The van der Waals surface area contributed by atoms with Crippen molar-refractivity contribution in [3.63, 3.8) is 0 Å². The zero-order valence-corrected chi connectivity index (χ0v) is 11.0. The number of alkyl halides is 4. The summed E-state index contributed by atoms with van der Waals surface area (Å²) in [6.45, 7) is 4.35. The second-order valence-corrected chi connectivity index (χ2v) is 4.59. The zero-order valence-electron chi connectivity index (χ0n) is 10.2. The molecule has 0 spiro atoms. The van der Waals surface area contributed by atoms with E-state index in [9.17, 15) is 22.8 Å². The van der Waals surface area contributed by atoms with Gasteiger partial charge in [0.15, 0.2) is 0 Å². The molecular weight excluding hydrogens is 275 g/mol. The second kappa shape index (κ2) is 6.26. The van der Waals surface area contributed by atoms with Crippen LogP contribution in [0, 0.1) is 5.92 Å². The summed E-state index contributed by atoms with van der Waals surface area (Å²) in [6, 6.07) is 0. The molecule has 0 aliphatic carbocycles. The second-order valence-electron chi connectivity index (χ2n) is 4.02. The van der Waals surface area contributed by atoms with Crippen molar-refractivity contribution in [1.29, 1.82) is 0 Å². The third kappa shape index (κ3) is 4.36. The summed E-state index contributed by atoms with van der Waals surface area (Å²) in [6.07, 6.45) is -5.32. The Kier molecular flexibility index (Phi) is 5.92. The number of rotatable bonds is 5. The van der Waals surface area contributed by atoms with Crippen molar-refractivity contribution in [2.45, 2.75) is 38.4 Å². The van der Waals surface area contributed by atoms with Gasteiger partial charge in [0.2, 0.25) is 5.91 Å². The average molecular weight is 290 g/mol. The maximum Gasteiger partial charge on any atom is 0.437 e. The van der Waals surface area contributed by atoms with Gasteiger partial charge in [0.05, 0.1) is 6.61 Å².